The Morgan fingerprint density at radius 1 is 1.40 bits per heavy atom. The van der Waals surface area contributed by atoms with Crippen molar-refractivity contribution in [2.75, 3.05) is 19.6 Å². The van der Waals surface area contributed by atoms with E-state index in [0.29, 0.717) is 12.5 Å². The van der Waals surface area contributed by atoms with Crippen LogP contribution in [0.1, 0.15) is 39.5 Å². The lowest BCUT2D eigenvalue weighted by molar-refractivity contribution is 0.182. The van der Waals surface area contributed by atoms with Crippen LogP contribution in [0, 0.1) is 5.92 Å². The smallest absolute Gasteiger partial charge is 0.0385 e. The third-order valence-corrected chi connectivity index (χ3v) is 2.99. The van der Waals surface area contributed by atoms with E-state index >= 15 is 0 Å². The van der Waals surface area contributed by atoms with Crippen molar-refractivity contribution < 1.29 is 0 Å². The molecule has 4 nitrogen and oxygen atoms in total. The van der Waals surface area contributed by atoms with Gasteiger partial charge in [-0.25, -0.2) is 0 Å². The highest BCUT2D eigenvalue weighted by Crippen LogP contribution is 2.23. The zero-order chi connectivity index (χ0) is 11.1. The van der Waals surface area contributed by atoms with Crippen molar-refractivity contribution in [1.29, 1.82) is 0 Å². The third-order valence-electron chi connectivity index (χ3n) is 2.99. The number of hydrogen-bond acceptors (Lipinski definition) is 2. The molecule has 0 radical (unpaired) electrons. The summed E-state index contributed by atoms with van der Waals surface area (Å²) in [4.78, 5) is 5.32. The lowest BCUT2D eigenvalue weighted by atomic mass is 10.1. The van der Waals surface area contributed by atoms with E-state index in [4.69, 9.17) is 5.53 Å². The van der Waals surface area contributed by atoms with Crippen LogP contribution in [0.4, 0.5) is 0 Å². The first-order valence-electron chi connectivity index (χ1n) is 5.99. The van der Waals surface area contributed by atoms with Gasteiger partial charge in [-0.2, -0.15) is 0 Å². The maximum absolute atomic E-state index is 8.27. The standard InChI is InChI=1S/C11H22N4/c1-10(2)9-15(8-7-13-14-12)11-5-3-4-6-11/h10-11H,3-9H2,1-2H3. The second-order valence-corrected chi connectivity index (χ2v) is 4.78. The zero-order valence-electron chi connectivity index (χ0n) is 9.89. The second-order valence-electron chi connectivity index (χ2n) is 4.78. The molecule has 0 spiro atoms. The minimum absolute atomic E-state index is 0.611. The summed E-state index contributed by atoms with van der Waals surface area (Å²) in [7, 11) is 0. The average molecular weight is 210 g/mol. The van der Waals surface area contributed by atoms with Crippen molar-refractivity contribution in [1.82, 2.24) is 4.90 Å². The van der Waals surface area contributed by atoms with Gasteiger partial charge in [0.1, 0.15) is 0 Å². The van der Waals surface area contributed by atoms with Crippen LogP contribution in [-0.2, 0) is 0 Å². The Hall–Kier alpha value is -0.730. The van der Waals surface area contributed by atoms with E-state index in [2.05, 4.69) is 28.8 Å². The summed E-state index contributed by atoms with van der Waals surface area (Å²) in [6, 6.07) is 0.737. The van der Waals surface area contributed by atoms with Crippen LogP contribution in [0.5, 0.6) is 0 Å². The number of rotatable bonds is 6. The summed E-state index contributed by atoms with van der Waals surface area (Å²) in [6.45, 7) is 7.16. The van der Waals surface area contributed by atoms with E-state index in [0.717, 1.165) is 19.1 Å². The Morgan fingerprint density at radius 2 is 2.07 bits per heavy atom. The van der Waals surface area contributed by atoms with Gasteiger partial charge in [-0.05, 0) is 24.3 Å². The molecule has 1 fully saturated rings. The Labute approximate surface area is 92.3 Å². The highest BCUT2D eigenvalue weighted by molar-refractivity contribution is 4.78. The zero-order valence-corrected chi connectivity index (χ0v) is 9.89. The van der Waals surface area contributed by atoms with Crippen molar-refractivity contribution in [3.63, 3.8) is 0 Å². The first-order chi connectivity index (χ1) is 7.24. The van der Waals surface area contributed by atoms with Gasteiger partial charge in [0.2, 0.25) is 0 Å². The largest absolute Gasteiger partial charge is 0.300 e. The van der Waals surface area contributed by atoms with Crippen LogP contribution in [0.25, 0.3) is 10.4 Å². The SMILES string of the molecule is CC(C)CN(CCN=[N+]=[N-])C1CCCC1. The Bertz CT molecular complexity index is 215. The first kappa shape index (κ1) is 12.3. The maximum Gasteiger partial charge on any atom is 0.0385 e. The van der Waals surface area contributed by atoms with Crippen LogP contribution in [-0.4, -0.2) is 30.6 Å². The van der Waals surface area contributed by atoms with Crippen LogP contribution in [0.2, 0.25) is 0 Å². The predicted octanol–water partition coefficient (Wildman–Crippen LogP) is 3.20. The molecule has 1 saturated carbocycles. The molecule has 0 unspecified atom stereocenters. The fraction of sp³-hybridized carbons (Fsp3) is 1.00. The molecule has 1 rings (SSSR count). The van der Waals surface area contributed by atoms with Gasteiger partial charge in [0.25, 0.3) is 0 Å². The topological polar surface area (TPSA) is 52.0 Å². The number of azide groups is 1. The van der Waals surface area contributed by atoms with Gasteiger partial charge in [0.15, 0.2) is 0 Å². The van der Waals surface area contributed by atoms with Crippen molar-refractivity contribution in [2.45, 2.75) is 45.6 Å². The second kappa shape index (κ2) is 6.70. The highest BCUT2D eigenvalue weighted by Gasteiger charge is 2.22. The van der Waals surface area contributed by atoms with E-state index in [1.54, 1.807) is 0 Å². The molecule has 0 aliphatic heterocycles. The molecule has 86 valence electrons. The van der Waals surface area contributed by atoms with Crippen LogP contribution >= 0.6 is 0 Å². The fourth-order valence-corrected chi connectivity index (χ4v) is 2.38. The minimum Gasteiger partial charge on any atom is -0.300 e. The van der Waals surface area contributed by atoms with E-state index < -0.39 is 0 Å². The van der Waals surface area contributed by atoms with Gasteiger partial charge in [0.05, 0.1) is 0 Å². The Morgan fingerprint density at radius 3 is 2.60 bits per heavy atom. The number of nitrogens with zero attached hydrogens (tertiary/aromatic N) is 4. The van der Waals surface area contributed by atoms with Gasteiger partial charge in [-0.1, -0.05) is 31.8 Å². The molecule has 1 aliphatic rings. The molecular weight excluding hydrogens is 188 g/mol. The summed E-state index contributed by atoms with van der Waals surface area (Å²) in [5.74, 6) is 0.691. The van der Waals surface area contributed by atoms with E-state index in [1.807, 2.05) is 0 Å². The van der Waals surface area contributed by atoms with Gasteiger partial charge >= 0.3 is 0 Å². The molecule has 15 heavy (non-hydrogen) atoms. The van der Waals surface area contributed by atoms with Crippen molar-refractivity contribution in [3.05, 3.63) is 10.4 Å². The molecule has 0 aromatic heterocycles. The number of hydrogen-bond donors (Lipinski definition) is 0. The first-order valence-corrected chi connectivity index (χ1v) is 5.99. The molecule has 4 heteroatoms. The molecule has 0 N–H and O–H groups in total. The summed E-state index contributed by atoms with van der Waals surface area (Å²) in [5, 5.41) is 3.63. The third kappa shape index (κ3) is 4.54. The molecule has 0 aromatic carbocycles. The summed E-state index contributed by atoms with van der Waals surface area (Å²) < 4.78 is 0. The fourth-order valence-electron chi connectivity index (χ4n) is 2.38. The van der Waals surface area contributed by atoms with E-state index in [9.17, 15) is 0 Å². The summed E-state index contributed by atoms with van der Waals surface area (Å²) >= 11 is 0. The van der Waals surface area contributed by atoms with Crippen molar-refractivity contribution >= 4 is 0 Å². The summed E-state index contributed by atoms with van der Waals surface area (Å²) in [5.41, 5.74) is 8.27. The Balaban J connectivity index is 2.40. The van der Waals surface area contributed by atoms with Gasteiger partial charge < -0.3 is 4.90 Å². The van der Waals surface area contributed by atoms with Crippen molar-refractivity contribution in [2.24, 2.45) is 11.0 Å². The van der Waals surface area contributed by atoms with Crippen LogP contribution < -0.4 is 0 Å². The maximum atomic E-state index is 8.27. The van der Waals surface area contributed by atoms with Crippen LogP contribution in [0.3, 0.4) is 0 Å². The quantitative estimate of drug-likeness (QED) is 0.377. The monoisotopic (exact) mass is 210 g/mol. The molecule has 0 saturated heterocycles. The molecule has 0 aromatic rings. The lowest BCUT2D eigenvalue weighted by Gasteiger charge is -2.29. The van der Waals surface area contributed by atoms with Crippen LogP contribution in [0.15, 0.2) is 5.11 Å². The molecule has 0 heterocycles. The highest BCUT2D eigenvalue weighted by atomic mass is 15.2. The molecule has 1 aliphatic carbocycles. The average Bonchev–Trinajstić information content (AvgIpc) is 2.68. The van der Waals surface area contributed by atoms with Crippen molar-refractivity contribution in [3.8, 4) is 0 Å². The molecule has 0 bridgehead atoms. The van der Waals surface area contributed by atoms with E-state index in [1.165, 1.54) is 25.7 Å². The minimum atomic E-state index is 0.611. The van der Waals surface area contributed by atoms with Gasteiger partial charge in [-0.15, -0.1) is 0 Å². The predicted molar refractivity (Wildman–Crippen MR) is 62.7 cm³/mol. The van der Waals surface area contributed by atoms with Gasteiger partial charge in [0, 0.05) is 30.6 Å². The van der Waals surface area contributed by atoms with Gasteiger partial charge in [-0.3, -0.25) is 0 Å². The normalized spacial score (nSPS) is 17.3. The molecule has 0 atom stereocenters. The van der Waals surface area contributed by atoms with E-state index in [-0.39, 0.29) is 0 Å². The molecular formula is C11H22N4. The lowest BCUT2D eigenvalue weighted by Crippen LogP contribution is -2.37. The molecule has 0 amide bonds. The Kier molecular flexibility index (Phi) is 5.51. The summed E-state index contributed by atoms with van der Waals surface area (Å²) in [6.07, 6.45) is 5.37.